The minimum Gasteiger partial charge on any atom is -0.326 e. The smallest absolute Gasteiger partial charge is 0.255 e. The monoisotopic (exact) mass is 534 g/mol. The van der Waals surface area contributed by atoms with Crippen LogP contribution < -0.4 is 5.32 Å². The molecule has 7 nitrogen and oxygen atoms in total. The molecule has 38 heavy (non-hydrogen) atoms. The molecule has 0 unspecified atom stereocenters. The number of rotatable bonds is 6. The third-order valence-electron chi connectivity index (χ3n) is 7.44. The van der Waals surface area contributed by atoms with E-state index >= 15 is 4.39 Å². The van der Waals surface area contributed by atoms with Gasteiger partial charge in [0.25, 0.3) is 5.91 Å². The van der Waals surface area contributed by atoms with Gasteiger partial charge in [0.2, 0.25) is 11.8 Å². The fourth-order valence-corrected chi connectivity index (χ4v) is 6.29. The van der Waals surface area contributed by atoms with E-state index in [2.05, 4.69) is 10.3 Å². The van der Waals surface area contributed by atoms with Crippen molar-refractivity contribution in [1.82, 2.24) is 14.8 Å². The van der Waals surface area contributed by atoms with Crippen molar-refractivity contribution in [3.05, 3.63) is 70.4 Å². The van der Waals surface area contributed by atoms with Gasteiger partial charge in [0.05, 0.1) is 16.1 Å². The lowest BCUT2D eigenvalue weighted by atomic mass is 10.00. The first-order valence-electron chi connectivity index (χ1n) is 12.8. The number of nitrogens with zero attached hydrogens (tertiary/aromatic N) is 3. The van der Waals surface area contributed by atoms with E-state index in [1.165, 1.54) is 4.90 Å². The Hall–Kier alpha value is -3.59. The number of carbonyl (C=O) groups excluding carboxylic acids is 3. The van der Waals surface area contributed by atoms with E-state index in [1.807, 2.05) is 52.0 Å². The van der Waals surface area contributed by atoms with Gasteiger partial charge in [-0.05, 0) is 61.1 Å². The number of halogens is 1. The summed E-state index contributed by atoms with van der Waals surface area (Å²) in [6.45, 7) is 8.00. The lowest BCUT2D eigenvalue weighted by Crippen LogP contribution is -2.55. The first-order valence-corrected chi connectivity index (χ1v) is 13.7. The molecule has 1 fully saturated rings. The summed E-state index contributed by atoms with van der Waals surface area (Å²) in [5, 5.41) is 2.85. The van der Waals surface area contributed by atoms with Crippen LogP contribution in [0.3, 0.4) is 0 Å². The van der Waals surface area contributed by atoms with Gasteiger partial charge >= 0.3 is 0 Å². The zero-order chi connectivity index (χ0) is 27.1. The third kappa shape index (κ3) is 4.60. The van der Waals surface area contributed by atoms with E-state index in [0.29, 0.717) is 17.8 Å². The summed E-state index contributed by atoms with van der Waals surface area (Å²) >= 11 is 1.55. The lowest BCUT2D eigenvalue weighted by Gasteiger charge is -2.35. The molecule has 2 aliphatic heterocycles. The molecular weight excluding hydrogens is 503 g/mol. The summed E-state index contributed by atoms with van der Waals surface area (Å²) in [6, 6.07) is 10.9. The Bertz CT molecular complexity index is 1400. The van der Waals surface area contributed by atoms with Crippen LogP contribution in [0, 0.1) is 19.8 Å². The molecule has 2 aromatic carbocycles. The molecule has 0 radical (unpaired) electrons. The standard InChI is InChI=1S/C29H31FN4O3S/c1-16(2)24(34-14-20-7-5-6-8-21(20)28(34)36)29(37)33-12-11-22(30)25(33)27(35)32-23-10-9-19(13-17(23)3)26-18(4)31-15-38-26/h5-10,13,15-16,22,24-25H,11-12,14H2,1-4H3,(H,32,35)/t22-,24-,25-/m0/s1. The van der Waals surface area contributed by atoms with E-state index < -0.39 is 30.1 Å². The molecule has 3 amide bonds. The molecule has 1 N–H and O–H groups in total. The fourth-order valence-electron chi connectivity index (χ4n) is 5.49. The van der Waals surface area contributed by atoms with Crippen LogP contribution in [0.1, 0.15) is 47.4 Å². The molecular formula is C29H31FN4O3S. The minimum atomic E-state index is -1.49. The number of hydrogen-bond donors (Lipinski definition) is 1. The number of thiazole rings is 1. The number of anilines is 1. The lowest BCUT2D eigenvalue weighted by molar-refractivity contribution is -0.143. The maximum Gasteiger partial charge on any atom is 0.255 e. The zero-order valence-electron chi connectivity index (χ0n) is 21.9. The molecule has 2 aliphatic rings. The SMILES string of the molecule is Cc1cc(-c2scnc2C)ccc1NC(=O)[C@@H]1[C@@H](F)CCN1C(=O)[C@H](C(C)C)N1Cc2ccccc2C1=O. The van der Waals surface area contributed by atoms with E-state index in [1.54, 1.807) is 39.9 Å². The highest BCUT2D eigenvalue weighted by molar-refractivity contribution is 7.13. The topological polar surface area (TPSA) is 82.6 Å². The van der Waals surface area contributed by atoms with Crippen LogP contribution >= 0.6 is 11.3 Å². The molecule has 0 saturated carbocycles. The van der Waals surface area contributed by atoms with E-state index in [0.717, 1.165) is 27.3 Å². The van der Waals surface area contributed by atoms with Crippen LogP contribution in [-0.4, -0.2) is 57.3 Å². The van der Waals surface area contributed by atoms with Crippen LogP contribution in [0.15, 0.2) is 48.0 Å². The van der Waals surface area contributed by atoms with E-state index in [4.69, 9.17) is 0 Å². The van der Waals surface area contributed by atoms with Crippen molar-refractivity contribution in [1.29, 1.82) is 0 Å². The van der Waals surface area contributed by atoms with Gasteiger partial charge < -0.3 is 15.1 Å². The summed E-state index contributed by atoms with van der Waals surface area (Å²) in [5.41, 5.74) is 6.57. The van der Waals surface area contributed by atoms with E-state index in [-0.39, 0.29) is 24.8 Å². The number of benzene rings is 2. The largest absolute Gasteiger partial charge is 0.326 e. The highest BCUT2D eigenvalue weighted by Gasteiger charge is 2.47. The zero-order valence-corrected chi connectivity index (χ0v) is 22.7. The number of aromatic nitrogens is 1. The Balaban J connectivity index is 1.36. The number of nitrogens with one attached hydrogen (secondary N) is 1. The van der Waals surface area contributed by atoms with Crippen molar-refractivity contribution in [2.75, 3.05) is 11.9 Å². The van der Waals surface area contributed by atoms with Crippen molar-refractivity contribution >= 4 is 34.7 Å². The predicted molar refractivity (Wildman–Crippen MR) is 146 cm³/mol. The first-order chi connectivity index (χ1) is 18.2. The van der Waals surface area contributed by atoms with Crippen molar-refractivity contribution in [3.63, 3.8) is 0 Å². The average Bonchev–Trinajstić information content (AvgIpc) is 3.57. The number of aryl methyl sites for hydroxylation is 2. The van der Waals surface area contributed by atoms with E-state index in [9.17, 15) is 14.4 Å². The molecule has 1 aromatic heterocycles. The average molecular weight is 535 g/mol. The summed E-state index contributed by atoms with van der Waals surface area (Å²) in [7, 11) is 0. The Morgan fingerprint density at radius 3 is 2.58 bits per heavy atom. The van der Waals surface area contributed by atoms with Gasteiger partial charge in [-0.3, -0.25) is 14.4 Å². The molecule has 3 heterocycles. The fraction of sp³-hybridized carbons (Fsp3) is 0.379. The van der Waals surface area contributed by atoms with Crippen molar-refractivity contribution in [2.24, 2.45) is 5.92 Å². The molecule has 3 aromatic rings. The Labute approximate surface area is 225 Å². The maximum atomic E-state index is 15.1. The number of fused-ring (bicyclic) bond motifs is 1. The Morgan fingerprint density at radius 2 is 1.92 bits per heavy atom. The van der Waals surface area contributed by atoms with Crippen LogP contribution in [0.25, 0.3) is 10.4 Å². The molecule has 5 rings (SSSR count). The second-order valence-corrected chi connectivity index (χ2v) is 11.2. The number of hydrogen-bond acceptors (Lipinski definition) is 5. The van der Waals surface area contributed by atoms with Crippen LogP contribution in [0.4, 0.5) is 10.1 Å². The molecule has 0 bridgehead atoms. The highest BCUT2D eigenvalue weighted by Crippen LogP contribution is 2.33. The molecule has 0 aliphatic carbocycles. The van der Waals surface area contributed by atoms with Crippen molar-refractivity contribution < 1.29 is 18.8 Å². The number of alkyl halides is 1. The summed E-state index contributed by atoms with van der Waals surface area (Å²) in [4.78, 5) is 48.6. The second kappa shape index (κ2) is 10.3. The summed E-state index contributed by atoms with van der Waals surface area (Å²) in [6.07, 6.45) is -1.41. The van der Waals surface area contributed by atoms with Crippen molar-refractivity contribution in [2.45, 2.75) is 58.9 Å². The maximum absolute atomic E-state index is 15.1. The molecule has 0 spiro atoms. The van der Waals surface area contributed by atoms with Gasteiger partial charge in [0, 0.05) is 24.3 Å². The quantitative estimate of drug-likeness (QED) is 0.483. The van der Waals surface area contributed by atoms with Crippen LogP contribution in [0.2, 0.25) is 0 Å². The summed E-state index contributed by atoms with van der Waals surface area (Å²) in [5.74, 6) is -1.38. The van der Waals surface area contributed by atoms with Crippen LogP contribution in [-0.2, 0) is 16.1 Å². The number of likely N-dealkylation sites (tertiary alicyclic amines) is 1. The van der Waals surface area contributed by atoms with Gasteiger partial charge in [-0.1, -0.05) is 38.1 Å². The second-order valence-electron chi connectivity index (χ2n) is 10.3. The molecule has 9 heteroatoms. The first kappa shape index (κ1) is 26.0. The summed E-state index contributed by atoms with van der Waals surface area (Å²) < 4.78 is 15.1. The minimum absolute atomic E-state index is 0.0748. The highest BCUT2D eigenvalue weighted by atomic mass is 32.1. The van der Waals surface area contributed by atoms with Crippen LogP contribution in [0.5, 0.6) is 0 Å². The third-order valence-corrected chi connectivity index (χ3v) is 8.42. The number of carbonyl (C=O) groups is 3. The normalized spacial score (nSPS) is 19.7. The van der Waals surface area contributed by atoms with Gasteiger partial charge in [0.15, 0.2) is 0 Å². The molecule has 1 saturated heterocycles. The molecule has 198 valence electrons. The van der Waals surface area contributed by atoms with Gasteiger partial charge in [0.1, 0.15) is 18.3 Å². The molecule has 3 atom stereocenters. The predicted octanol–water partition coefficient (Wildman–Crippen LogP) is 4.99. The van der Waals surface area contributed by atoms with Gasteiger partial charge in [-0.25, -0.2) is 9.37 Å². The van der Waals surface area contributed by atoms with Gasteiger partial charge in [-0.15, -0.1) is 11.3 Å². The number of amides is 3. The Kier molecular flexibility index (Phi) is 7.05. The van der Waals surface area contributed by atoms with Gasteiger partial charge in [-0.2, -0.15) is 0 Å². The van der Waals surface area contributed by atoms with Crippen molar-refractivity contribution in [3.8, 4) is 10.4 Å². The Morgan fingerprint density at radius 1 is 1.16 bits per heavy atom.